The molecule has 0 bridgehead atoms. The number of fused-ring (bicyclic) bond motifs is 1. The van der Waals surface area contributed by atoms with Gasteiger partial charge in [0, 0.05) is 25.4 Å². The van der Waals surface area contributed by atoms with Crippen molar-refractivity contribution < 1.29 is 14.0 Å². The van der Waals surface area contributed by atoms with Crippen LogP contribution in [0.3, 0.4) is 0 Å². The minimum atomic E-state index is -2.03. The lowest BCUT2D eigenvalue weighted by Crippen LogP contribution is -2.43. The number of rotatable bonds is 6. The number of ether oxygens (including phenoxy) is 1. The van der Waals surface area contributed by atoms with Crippen LogP contribution < -0.4 is 0 Å². The molecule has 7 heteroatoms. The molecule has 6 nitrogen and oxygen atoms in total. The Morgan fingerprint density at radius 1 is 1.23 bits per heavy atom. The van der Waals surface area contributed by atoms with Crippen molar-refractivity contribution in [2.45, 2.75) is 63.6 Å². The lowest BCUT2D eigenvalue weighted by molar-refractivity contribution is -0.150. The number of aromatic nitrogens is 2. The molecule has 2 aliphatic heterocycles. The predicted octanol–water partition coefficient (Wildman–Crippen LogP) is 4.49. The van der Waals surface area contributed by atoms with Crippen LogP contribution in [0.5, 0.6) is 0 Å². The zero-order valence-corrected chi connectivity index (χ0v) is 19.5. The van der Waals surface area contributed by atoms with Crippen LogP contribution >= 0.6 is 0 Å². The summed E-state index contributed by atoms with van der Waals surface area (Å²) < 4.78 is 14.2. The molecule has 1 saturated heterocycles. The molecule has 4 rings (SSSR count). The van der Waals surface area contributed by atoms with Gasteiger partial charge in [-0.3, -0.25) is 9.58 Å². The Balaban J connectivity index is 1.56. The second kappa shape index (κ2) is 7.39. The highest BCUT2D eigenvalue weighted by atomic mass is 28.4. The molecule has 30 heavy (non-hydrogen) atoms. The number of hydrogen-bond donors (Lipinski definition) is 0. The molecule has 0 saturated carbocycles. The first-order valence-corrected chi connectivity index (χ1v) is 13.4. The van der Waals surface area contributed by atoms with E-state index < -0.39 is 13.9 Å². The van der Waals surface area contributed by atoms with Crippen molar-refractivity contribution >= 4 is 14.3 Å². The van der Waals surface area contributed by atoms with Crippen LogP contribution in [0.2, 0.25) is 18.1 Å². The maximum atomic E-state index is 13.2. The average Bonchev–Trinajstić information content (AvgIpc) is 3.18. The fraction of sp³-hybridized carbons (Fsp3) is 0.478. The predicted molar refractivity (Wildman–Crippen MR) is 118 cm³/mol. The third kappa shape index (κ3) is 3.84. The van der Waals surface area contributed by atoms with Gasteiger partial charge < -0.3 is 9.16 Å². The molecule has 2 aromatic rings. The summed E-state index contributed by atoms with van der Waals surface area (Å²) in [6, 6.07) is 11.7. The monoisotopic (exact) mass is 425 g/mol. The average molecular weight is 426 g/mol. The normalized spacial score (nSPS) is 25.8. The summed E-state index contributed by atoms with van der Waals surface area (Å²) >= 11 is 0. The quantitative estimate of drug-likeness (QED) is 0.388. The van der Waals surface area contributed by atoms with E-state index >= 15 is 0 Å². The summed E-state index contributed by atoms with van der Waals surface area (Å²) in [4.78, 5) is 15.3. The van der Waals surface area contributed by atoms with E-state index in [0.29, 0.717) is 13.0 Å². The first-order chi connectivity index (χ1) is 14.1. The van der Waals surface area contributed by atoms with Gasteiger partial charge in [0.15, 0.2) is 0 Å². The van der Waals surface area contributed by atoms with E-state index in [4.69, 9.17) is 9.16 Å². The highest BCUT2D eigenvalue weighted by Crippen LogP contribution is 2.50. The highest BCUT2D eigenvalue weighted by molar-refractivity contribution is 6.74. The number of esters is 1. The van der Waals surface area contributed by atoms with E-state index in [0.717, 1.165) is 11.3 Å². The number of carbonyl (C=O) groups excluding carboxylic acids is 1. The largest absolute Gasteiger partial charge is 0.547 e. The second-order valence-corrected chi connectivity index (χ2v) is 14.5. The molecule has 1 aromatic heterocycles. The first-order valence-electron chi connectivity index (χ1n) is 10.5. The summed E-state index contributed by atoms with van der Waals surface area (Å²) in [7, 11) is -2.03. The molecule has 1 unspecified atom stereocenters. The van der Waals surface area contributed by atoms with Gasteiger partial charge in [-0.05, 0) is 35.8 Å². The van der Waals surface area contributed by atoms with Gasteiger partial charge >= 0.3 is 5.97 Å². The molecule has 1 aromatic carbocycles. The number of benzene rings is 1. The van der Waals surface area contributed by atoms with Gasteiger partial charge in [0.05, 0.1) is 5.76 Å². The Hall–Kier alpha value is -2.38. The molecule has 1 fully saturated rings. The molecule has 0 aliphatic carbocycles. The number of hydrogen-bond acceptors (Lipinski definition) is 5. The smallest absolute Gasteiger partial charge is 0.328 e. The lowest BCUT2D eigenvalue weighted by Gasteiger charge is -2.39. The Bertz CT molecular complexity index is 934. The van der Waals surface area contributed by atoms with Crippen LogP contribution in [0.1, 0.15) is 38.9 Å². The highest BCUT2D eigenvalue weighted by Gasteiger charge is 2.65. The van der Waals surface area contributed by atoms with Crippen molar-refractivity contribution in [3.8, 4) is 0 Å². The topological polar surface area (TPSA) is 56.4 Å². The maximum absolute atomic E-state index is 13.2. The first kappa shape index (κ1) is 20.9. The zero-order valence-electron chi connectivity index (χ0n) is 18.5. The zero-order chi connectivity index (χ0) is 21.6. The SMILES string of the molecule is CC(C)(C)[Si](C)(C)OC1=C[C@@H](n2cccn2)N2C[C@@]2(C(=O)OCc2ccccc2)C1. The number of nitrogens with zero attached hydrogens (tertiary/aromatic N) is 3. The molecule has 0 radical (unpaired) electrons. The van der Waals surface area contributed by atoms with Crippen LogP contribution in [-0.4, -0.2) is 41.1 Å². The van der Waals surface area contributed by atoms with Gasteiger partial charge in [-0.15, -0.1) is 0 Å². The van der Waals surface area contributed by atoms with E-state index in [-0.39, 0.29) is 23.8 Å². The van der Waals surface area contributed by atoms with E-state index in [1.54, 1.807) is 6.20 Å². The van der Waals surface area contributed by atoms with Crippen LogP contribution in [0.4, 0.5) is 0 Å². The van der Waals surface area contributed by atoms with E-state index in [1.165, 1.54) is 0 Å². The fourth-order valence-electron chi connectivity index (χ4n) is 3.67. The minimum Gasteiger partial charge on any atom is -0.547 e. The molecule has 3 atom stereocenters. The summed E-state index contributed by atoms with van der Waals surface area (Å²) in [5.74, 6) is 0.695. The van der Waals surface area contributed by atoms with Crippen molar-refractivity contribution in [1.29, 1.82) is 0 Å². The molecule has 3 heterocycles. The van der Waals surface area contributed by atoms with Crippen molar-refractivity contribution in [3.63, 3.8) is 0 Å². The Morgan fingerprint density at radius 3 is 2.60 bits per heavy atom. The van der Waals surface area contributed by atoms with Crippen molar-refractivity contribution in [3.05, 3.63) is 66.2 Å². The van der Waals surface area contributed by atoms with Gasteiger partial charge in [0.2, 0.25) is 8.32 Å². The van der Waals surface area contributed by atoms with Crippen LogP contribution in [-0.2, 0) is 20.6 Å². The van der Waals surface area contributed by atoms with Gasteiger partial charge in [0.1, 0.15) is 18.3 Å². The molecule has 0 amide bonds. The summed E-state index contributed by atoms with van der Waals surface area (Å²) in [6.07, 6.45) is 6.20. The van der Waals surface area contributed by atoms with Crippen LogP contribution in [0.15, 0.2) is 60.6 Å². The molecular weight excluding hydrogens is 394 g/mol. The Kier molecular flexibility index (Phi) is 5.14. The minimum absolute atomic E-state index is 0.0801. The van der Waals surface area contributed by atoms with Gasteiger partial charge in [0.25, 0.3) is 0 Å². The summed E-state index contributed by atoms with van der Waals surface area (Å²) in [5, 5.41) is 4.49. The van der Waals surface area contributed by atoms with E-state index in [1.807, 2.05) is 47.3 Å². The van der Waals surface area contributed by atoms with Gasteiger partial charge in [-0.2, -0.15) is 5.10 Å². The Morgan fingerprint density at radius 2 is 1.97 bits per heavy atom. The fourth-order valence-corrected chi connectivity index (χ4v) is 4.77. The number of carbonyl (C=O) groups is 1. The van der Waals surface area contributed by atoms with Gasteiger partial charge in [-0.25, -0.2) is 4.79 Å². The van der Waals surface area contributed by atoms with Gasteiger partial charge in [-0.1, -0.05) is 51.1 Å². The lowest BCUT2D eigenvalue weighted by atomic mass is 10.0. The maximum Gasteiger partial charge on any atom is 0.328 e. The molecule has 2 aliphatic rings. The van der Waals surface area contributed by atoms with E-state index in [2.05, 4.69) is 49.9 Å². The third-order valence-corrected chi connectivity index (χ3v) is 11.0. The van der Waals surface area contributed by atoms with Crippen LogP contribution in [0, 0.1) is 0 Å². The van der Waals surface area contributed by atoms with Crippen LogP contribution in [0.25, 0.3) is 0 Å². The second-order valence-electron chi connectivity index (χ2n) is 9.79. The summed E-state index contributed by atoms with van der Waals surface area (Å²) in [5.41, 5.74) is 0.319. The third-order valence-electron chi connectivity index (χ3n) is 6.58. The summed E-state index contributed by atoms with van der Waals surface area (Å²) in [6.45, 7) is 12.1. The van der Waals surface area contributed by atoms with Crippen molar-refractivity contribution in [2.75, 3.05) is 6.54 Å². The molecular formula is C23H31N3O3Si. The standard InChI is InChI=1S/C23H31N3O3Si/c1-22(2,3)30(4,5)29-19-14-20(26-13-9-12-24-26)25-17-23(25,15-19)21(27)28-16-18-10-7-6-8-11-18/h6-14,20H,15-17H2,1-5H3/t20-,23-,25?/m1/s1. The van der Waals surface area contributed by atoms with E-state index in [9.17, 15) is 4.79 Å². The molecule has 0 spiro atoms. The molecule has 160 valence electrons. The Labute approximate surface area is 179 Å². The van der Waals surface area contributed by atoms with Crippen molar-refractivity contribution in [1.82, 2.24) is 14.7 Å². The molecule has 0 N–H and O–H groups in total. The van der Waals surface area contributed by atoms with Crippen molar-refractivity contribution in [2.24, 2.45) is 0 Å².